The molecule has 0 radical (unpaired) electrons. The van der Waals surface area contributed by atoms with E-state index in [0.717, 1.165) is 0 Å². The highest BCUT2D eigenvalue weighted by Crippen LogP contribution is 2.25. The van der Waals surface area contributed by atoms with Gasteiger partial charge in [-0.05, 0) is 69.5 Å². The number of nitrogens with one attached hydrogen (secondary N) is 3. The van der Waals surface area contributed by atoms with Crippen molar-refractivity contribution in [3.8, 4) is 11.5 Å². The maximum atomic E-state index is 12.9. The lowest BCUT2D eigenvalue weighted by Crippen LogP contribution is -2.51. The molecule has 10 heteroatoms. The number of carbonyl (C=O) groups excluding carboxylic acids is 1. The molecule has 4 N–H and O–H groups in total. The van der Waals surface area contributed by atoms with Crippen LogP contribution in [0.15, 0.2) is 59.5 Å². The quantitative estimate of drug-likeness (QED) is 0.405. The maximum absolute atomic E-state index is 12.9. The van der Waals surface area contributed by atoms with Crippen molar-refractivity contribution in [2.45, 2.75) is 62.3 Å². The minimum Gasteiger partial charge on any atom is -0.457 e. The molecular formula is C24H33N3O6S. The zero-order valence-electron chi connectivity index (χ0n) is 19.4. The van der Waals surface area contributed by atoms with E-state index in [0.29, 0.717) is 37.3 Å². The van der Waals surface area contributed by atoms with Gasteiger partial charge in [0.1, 0.15) is 11.5 Å². The predicted octanol–water partition coefficient (Wildman–Crippen LogP) is 2.76. The number of benzene rings is 2. The predicted molar refractivity (Wildman–Crippen MR) is 128 cm³/mol. The number of urea groups is 1. The lowest BCUT2D eigenvalue weighted by atomic mass is 9.98. The number of para-hydroxylation sites is 1. The minimum atomic E-state index is -3.81. The summed E-state index contributed by atoms with van der Waals surface area (Å²) in [5.74, 6) is 1.18. The van der Waals surface area contributed by atoms with Gasteiger partial charge in [0, 0.05) is 12.6 Å². The molecule has 186 valence electrons. The monoisotopic (exact) mass is 491 g/mol. The number of carbonyl (C=O) groups is 1. The Morgan fingerprint density at radius 2 is 1.76 bits per heavy atom. The van der Waals surface area contributed by atoms with Gasteiger partial charge in [-0.2, -0.15) is 0 Å². The van der Waals surface area contributed by atoms with Crippen molar-refractivity contribution >= 4 is 16.1 Å². The molecule has 34 heavy (non-hydrogen) atoms. The average Bonchev–Trinajstić information content (AvgIpc) is 2.80. The molecular weight excluding hydrogens is 458 g/mol. The van der Waals surface area contributed by atoms with Crippen LogP contribution in [-0.4, -0.2) is 57.0 Å². The average molecular weight is 492 g/mol. The van der Waals surface area contributed by atoms with E-state index in [1.165, 1.54) is 12.1 Å². The minimum absolute atomic E-state index is 0.0473. The molecule has 0 aliphatic carbocycles. The van der Waals surface area contributed by atoms with Crippen LogP contribution in [0.4, 0.5) is 4.79 Å². The van der Waals surface area contributed by atoms with Crippen LogP contribution in [0.1, 0.15) is 33.1 Å². The third-order valence-corrected chi connectivity index (χ3v) is 6.89. The third kappa shape index (κ3) is 7.69. The van der Waals surface area contributed by atoms with E-state index in [9.17, 15) is 18.3 Å². The first-order valence-corrected chi connectivity index (χ1v) is 12.9. The third-order valence-electron chi connectivity index (χ3n) is 5.39. The topological polar surface area (TPSA) is 126 Å². The van der Waals surface area contributed by atoms with Crippen LogP contribution in [0.25, 0.3) is 0 Å². The summed E-state index contributed by atoms with van der Waals surface area (Å²) in [6.45, 7) is 3.87. The Labute approximate surface area is 200 Å². The van der Waals surface area contributed by atoms with E-state index >= 15 is 0 Å². The summed E-state index contributed by atoms with van der Waals surface area (Å²) in [4.78, 5) is 11.8. The van der Waals surface area contributed by atoms with Gasteiger partial charge in [-0.1, -0.05) is 18.2 Å². The fraction of sp³-hybridized carbons (Fsp3) is 0.458. The van der Waals surface area contributed by atoms with Crippen LogP contribution >= 0.6 is 0 Å². The van der Waals surface area contributed by atoms with E-state index in [1.807, 2.05) is 44.2 Å². The van der Waals surface area contributed by atoms with Crippen LogP contribution in [0.5, 0.6) is 11.5 Å². The standard InChI is InChI=1S/C24H33N3O6S/c1-17(2)26-24(29)25-15-14-20-10-13-22(23(16-28)33-20)27-34(30,31)21-11-8-19(9-12-21)32-18-6-4-3-5-7-18/h3-9,11-12,17,20,22-23,27-28H,10,13-16H2,1-2H3,(H2,25,26,29)/t20-,22+,23+/m1/s1. The van der Waals surface area contributed by atoms with E-state index < -0.39 is 22.2 Å². The highest BCUT2D eigenvalue weighted by Gasteiger charge is 2.33. The Kier molecular flexibility index (Phi) is 9.28. The van der Waals surface area contributed by atoms with Gasteiger partial charge in [-0.3, -0.25) is 0 Å². The van der Waals surface area contributed by atoms with Gasteiger partial charge in [0.15, 0.2) is 0 Å². The van der Waals surface area contributed by atoms with Gasteiger partial charge in [0.2, 0.25) is 10.0 Å². The smallest absolute Gasteiger partial charge is 0.314 e. The number of hydrogen-bond donors (Lipinski definition) is 4. The highest BCUT2D eigenvalue weighted by molar-refractivity contribution is 7.89. The normalized spacial score (nSPS) is 20.6. The van der Waals surface area contributed by atoms with Crippen LogP contribution in [-0.2, 0) is 14.8 Å². The zero-order valence-corrected chi connectivity index (χ0v) is 20.3. The molecule has 3 atom stereocenters. The molecule has 0 spiro atoms. The first-order valence-electron chi connectivity index (χ1n) is 11.4. The SMILES string of the molecule is CC(C)NC(=O)NCC[C@H]1CC[C@H](NS(=O)(=O)c2ccc(Oc3ccccc3)cc2)[C@H](CO)O1. The van der Waals surface area contributed by atoms with Crippen LogP contribution in [0, 0.1) is 0 Å². The van der Waals surface area contributed by atoms with E-state index in [-0.39, 0.29) is 29.7 Å². The van der Waals surface area contributed by atoms with Crippen molar-refractivity contribution < 1.29 is 27.8 Å². The number of sulfonamides is 1. The number of aliphatic hydroxyl groups excluding tert-OH is 1. The molecule has 0 unspecified atom stereocenters. The first kappa shape index (κ1) is 26.0. The fourth-order valence-corrected chi connectivity index (χ4v) is 5.02. The molecule has 1 fully saturated rings. The summed E-state index contributed by atoms with van der Waals surface area (Å²) in [5, 5.41) is 15.3. The Morgan fingerprint density at radius 1 is 1.09 bits per heavy atom. The second kappa shape index (κ2) is 12.2. The number of amides is 2. The Balaban J connectivity index is 1.52. The van der Waals surface area contributed by atoms with E-state index in [2.05, 4.69) is 15.4 Å². The van der Waals surface area contributed by atoms with Crippen molar-refractivity contribution in [1.82, 2.24) is 15.4 Å². The molecule has 1 aliphatic heterocycles. The number of rotatable bonds is 10. The van der Waals surface area contributed by atoms with Gasteiger partial charge in [-0.25, -0.2) is 17.9 Å². The molecule has 1 saturated heterocycles. The molecule has 0 saturated carbocycles. The van der Waals surface area contributed by atoms with Crippen LogP contribution < -0.4 is 20.1 Å². The molecule has 9 nitrogen and oxygen atoms in total. The first-order chi connectivity index (χ1) is 16.3. The largest absolute Gasteiger partial charge is 0.457 e. The van der Waals surface area contributed by atoms with Gasteiger partial charge in [-0.15, -0.1) is 0 Å². The van der Waals surface area contributed by atoms with Crippen molar-refractivity contribution in [1.29, 1.82) is 0 Å². The molecule has 2 amide bonds. The highest BCUT2D eigenvalue weighted by atomic mass is 32.2. The lowest BCUT2D eigenvalue weighted by Gasteiger charge is -2.36. The summed E-state index contributed by atoms with van der Waals surface area (Å²) in [6.07, 6.45) is 0.860. The van der Waals surface area contributed by atoms with Crippen LogP contribution in [0.2, 0.25) is 0 Å². The number of hydrogen-bond acceptors (Lipinski definition) is 6. The number of aliphatic hydroxyl groups is 1. The van der Waals surface area contributed by atoms with E-state index in [4.69, 9.17) is 9.47 Å². The maximum Gasteiger partial charge on any atom is 0.314 e. The Bertz CT molecular complexity index is 1010. The molecule has 0 bridgehead atoms. The van der Waals surface area contributed by atoms with Crippen molar-refractivity contribution in [3.63, 3.8) is 0 Å². The summed E-state index contributed by atoms with van der Waals surface area (Å²) in [7, 11) is -3.81. The zero-order chi connectivity index (χ0) is 24.6. The second-order valence-electron chi connectivity index (χ2n) is 8.51. The van der Waals surface area contributed by atoms with Crippen LogP contribution in [0.3, 0.4) is 0 Å². The summed E-state index contributed by atoms with van der Waals surface area (Å²) >= 11 is 0. The van der Waals surface area contributed by atoms with Gasteiger partial charge >= 0.3 is 6.03 Å². The molecule has 0 aromatic heterocycles. The summed E-state index contributed by atoms with van der Waals surface area (Å²) < 4.78 is 40.1. The van der Waals surface area contributed by atoms with Gasteiger partial charge in [0.25, 0.3) is 0 Å². The molecule has 1 aliphatic rings. The van der Waals surface area contributed by atoms with Crippen molar-refractivity contribution in [2.75, 3.05) is 13.2 Å². The lowest BCUT2D eigenvalue weighted by molar-refractivity contribution is -0.0871. The fourth-order valence-electron chi connectivity index (χ4n) is 3.72. The Hall–Kier alpha value is -2.66. The molecule has 3 rings (SSSR count). The molecule has 2 aromatic rings. The molecule has 2 aromatic carbocycles. The Morgan fingerprint density at radius 3 is 2.41 bits per heavy atom. The molecule has 1 heterocycles. The number of ether oxygens (including phenoxy) is 2. The summed E-state index contributed by atoms with van der Waals surface area (Å²) in [5.41, 5.74) is 0. The van der Waals surface area contributed by atoms with Gasteiger partial charge in [0.05, 0.1) is 29.8 Å². The van der Waals surface area contributed by atoms with Crippen molar-refractivity contribution in [3.05, 3.63) is 54.6 Å². The van der Waals surface area contributed by atoms with Crippen molar-refractivity contribution in [2.24, 2.45) is 0 Å². The summed E-state index contributed by atoms with van der Waals surface area (Å²) in [6, 6.07) is 14.6. The van der Waals surface area contributed by atoms with Gasteiger partial charge < -0.3 is 25.2 Å². The van der Waals surface area contributed by atoms with E-state index in [1.54, 1.807) is 12.1 Å². The second-order valence-corrected chi connectivity index (χ2v) is 10.2.